The summed E-state index contributed by atoms with van der Waals surface area (Å²) in [5.74, 6) is -0.103. The molecule has 1 rings (SSSR count). The van der Waals surface area contributed by atoms with Crippen molar-refractivity contribution in [3.8, 4) is 11.5 Å². The van der Waals surface area contributed by atoms with E-state index >= 15 is 0 Å². The summed E-state index contributed by atoms with van der Waals surface area (Å²) in [7, 11) is 0. The minimum absolute atomic E-state index is 0. The topological polar surface area (TPSA) is 52.5 Å². The van der Waals surface area contributed by atoms with Gasteiger partial charge in [-0.1, -0.05) is 19.4 Å². The molecule has 0 aliphatic carbocycles. The normalized spacial score (nSPS) is 11.9. The second-order valence-electron chi connectivity index (χ2n) is 4.24. The molecule has 0 saturated heterocycles. The van der Waals surface area contributed by atoms with Gasteiger partial charge >= 0.3 is 0 Å². The number of phenols is 2. The van der Waals surface area contributed by atoms with Crippen LogP contribution in [-0.2, 0) is 6.42 Å². The molecular weight excluding hydrogens is 282 g/mol. The maximum atomic E-state index is 9.36. The standard InChI is InChI=1S/C13H21NO2.BrH/c1-3-4-7-14-10(2)8-11-5-6-12(15)13(16)9-11;/h5-6,9-10,14-16H,3-4,7-8H2,1-2H3;1H. The summed E-state index contributed by atoms with van der Waals surface area (Å²) < 4.78 is 0. The van der Waals surface area contributed by atoms with Crippen LogP contribution in [0.5, 0.6) is 11.5 Å². The number of hydrogen-bond acceptors (Lipinski definition) is 3. The summed E-state index contributed by atoms with van der Waals surface area (Å²) in [4.78, 5) is 0. The molecule has 0 heterocycles. The van der Waals surface area contributed by atoms with E-state index < -0.39 is 0 Å². The fourth-order valence-corrected chi connectivity index (χ4v) is 1.65. The van der Waals surface area contributed by atoms with Crippen molar-refractivity contribution in [3.05, 3.63) is 23.8 Å². The summed E-state index contributed by atoms with van der Waals surface area (Å²) in [6.07, 6.45) is 3.24. The quantitative estimate of drug-likeness (QED) is 0.559. The summed E-state index contributed by atoms with van der Waals surface area (Å²) in [5, 5.41) is 22.0. The van der Waals surface area contributed by atoms with Crippen molar-refractivity contribution in [2.75, 3.05) is 6.54 Å². The van der Waals surface area contributed by atoms with E-state index in [1.807, 2.05) is 6.07 Å². The van der Waals surface area contributed by atoms with Crippen molar-refractivity contribution in [1.82, 2.24) is 5.32 Å². The van der Waals surface area contributed by atoms with E-state index in [-0.39, 0.29) is 28.5 Å². The van der Waals surface area contributed by atoms with Crippen molar-refractivity contribution in [2.45, 2.75) is 39.2 Å². The number of nitrogens with one attached hydrogen (secondary N) is 1. The first-order valence-corrected chi connectivity index (χ1v) is 5.87. The molecule has 1 unspecified atom stereocenters. The first-order chi connectivity index (χ1) is 7.63. The molecule has 1 aromatic rings. The second-order valence-corrected chi connectivity index (χ2v) is 4.24. The largest absolute Gasteiger partial charge is 0.504 e. The highest BCUT2D eigenvalue weighted by atomic mass is 79.9. The fraction of sp³-hybridized carbons (Fsp3) is 0.538. The van der Waals surface area contributed by atoms with Gasteiger partial charge in [-0.3, -0.25) is 0 Å². The van der Waals surface area contributed by atoms with Crippen LogP contribution in [0.3, 0.4) is 0 Å². The van der Waals surface area contributed by atoms with E-state index in [1.54, 1.807) is 6.07 Å². The van der Waals surface area contributed by atoms with E-state index in [9.17, 15) is 10.2 Å². The Balaban J connectivity index is 0.00000256. The Kier molecular flexibility index (Phi) is 8.00. The molecule has 4 heteroatoms. The number of unbranched alkanes of at least 4 members (excludes halogenated alkanes) is 1. The van der Waals surface area contributed by atoms with Crippen LogP contribution in [0.25, 0.3) is 0 Å². The Morgan fingerprint density at radius 3 is 2.53 bits per heavy atom. The molecule has 0 aromatic heterocycles. The van der Waals surface area contributed by atoms with Gasteiger partial charge in [0.25, 0.3) is 0 Å². The molecule has 3 nitrogen and oxygen atoms in total. The monoisotopic (exact) mass is 303 g/mol. The molecule has 1 aromatic carbocycles. The van der Waals surface area contributed by atoms with Crippen LogP contribution < -0.4 is 5.32 Å². The Morgan fingerprint density at radius 2 is 1.94 bits per heavy atom. The van der Waals surface area contributed by atoms with E-state index in [2.05, 4.69) is 19.2 Å². The number of phenolic OH excluding ortho intramolecular Hbond substituents is 2. The van der Waals surface area contributed by atoms with Crippen LogP contribution in [0.1, 0.15) is 32.3 Å². The van der Waals surface area contributed by atoms with Crippen LogP contribution in [0.2, 0.25) is 0 Å². The van der Waals surface area contributed by atoms with Gasteiger partial charge in [-0.25, -0.2) is 0 Å². The van der Waals surface area contributed by atoms with Crippen LogP contribution in [0.15, 0.2) is 18.2 Å². The lowest BCUT2D eigenvalue weighted by Crippen LogP contribution is -2.28. The van der Waals surface area contributed by atoms with Crippen molar-refractivity contribution in [3.63, 3.8) is 0 Å². The highest BCUT2D eigenvalue weighted by molar-refractivity contribution is 8.93. The van der Waals surface area contributed by atoms with Crippen molar-refractivity contribution in [1.29, 1.82) is 0 Å². The third-order valence-electron chi connectivity index (χ3n) is 2.60. The van der Waals surface area contributed by atoms with Gasteiger partial charge in [0.2, 0.25) is 0 Å². The van der Waals surface area contributed by atoms with Gasteiger partial charge in [-0.05, 0) is 44.0 Å². The molecule has 98 valence electrons. The van der Waals surface area contributed by atoms with Crippen LogP contribution >= 0.6 is 17.0 Å². The van der Waals surface area contributed by atoms with Gasteiger partial charge in [0.1, 0.15) is 0 Å². The third kappa shape index (κ3) is 5.94. The van der Waals surface area contributed by atoms with Gasteiger partial charge in [0, 0.05) is 6.04 Å². The first kappa shape index (κ1) is 16.3. The predicted octanol–water partition coefficient (Wildman–Crippen LogP) is 3.00. The van der Waals surface area contributed by atoms with E-state index in [0.717, 1.165) is 18.5 Å². The molecule has 0 amide bonds. The Hall–Kier alpha value is -0.740. The number of halogens is 1. The summed E-state index contributed by atoms with van der Waals surface area (Å²) in [6.45, 7) is 5.33. The minimum atomic E-state index is -0.0599. The maximum Gasteiger partial charge on any atom is 0.157 e. The lowest BCUT2D eigenvalue weighted by atomic mass is 10.1. The smallest absolute Gasteiger partial charge is 0.157 e. The van der Waals surface area contributed by atoms with Gasteiger partial charge in [-0.2, -0.15) is 0 Å². The molecule has 17 heavy (non-hydrogen) atoms. The third-order valence-corrected chi connectivity index (χ3v) is 2.60. The molecular formula is C13H22BrNO2. The van der Waals surface area contributed by atoms with Gasteiger partial charge in [0.15, 0.2) is 11.5 Å². The fourth-order valence-electron chi connectivity index (χ4n) is 1.65. The van der Waals surface area contributed by atoms with E-state index in [4.69, 9.17) is 0 Å². The molecule has 0 spiro atoms. The number of hydrogen-bond donors (Lipinski definition) is 3. The Bertz CT molecular complexity index is 331. The van der Waals surface area contributed by atoms with Crippen molar-refractivity contribution in [2.24, 2.45) is 0 Å². The van der Waals surface area contributed by atoms with Crippen LogP contribution in [0, 0.1) is 0 Å². The van der Waals surface area contributed by atoms with E-state index in [1.165, 1.54) is 18.9 Å². The van der Waals surface area contributed by atoms with Gasteiger partial charge in [0.05, 0.1) is 0 Å². The van der Waals surface area contributed by atoms with Crippen LogP contribution in [-0.4, -0.2) is 22.8 Å². The highest BCUT2D eigenvalue weighted by Gasteiger charge is 2.05. The molecule has 0 saturated carbocycles. The lowest BCUT2D eigenvalue weighted by Gasteiger charge is -2.13. The summed E-state index contributed by atoms with van der Waals surface area (Å²) in [6, 6.07) is 5.37. The summed E-state index contributed by atoms with van der Waals surface area (Å²) in [5.41, 5.74) is 1.03. The zero-order valence-corrected chi connectivity index (χ0v) is 12.2. The first-order valence-electron chi connectivity index (χ1n) is 5.87. The minimum Gasteiger partial charge on any atom is -0.504 e. The number of aromatic hydroxyl groups is 2. The average Bonchev–Trinajstić information content (AvgIpc) is 2.24. The molecule has 0 radical (unpaired) electrons. The van der Waals surface area contributed by atoms with Gasteiger partial charge < -0.3 is 15.5 Å². The molecule has 3 N–H and O–H groups in total. The molecule has 0 aliphatic heterocycles. The van der Waals surface area contributed by atoms with Crippen LogP contribution in [0.4, 0.5) is 0 Å². The molecule has 0 aliphatic rings. The zero-order chi connectivity index (χ0) is 12.0. The highest BCUT2D eigenvalue weighted by Crippen LogP contribution is 2.25. The van der Waals surface area contributed by atoms with Gasteiger partial charge in [-0.15, -0.1) is 17.0 Å². The molecule has 0 bridgehead atoms. The second kappa shape index (κ2) is 8.37. The number of rotatable bonds is 6. The molecule has 0 fully saturated rings. The SMILES string of the molecule is Br.CCCCNC(C)Cc1ccc(O)c(O)c1. The lowest BCUT2D eigenvalue weighted by molar-refractivity contribution is 0.402. The zero-order valence-electron chi connectivity index (χ0n) is 10.4. The summed E-state index contributed by atoms with van der Waals surface area (Å²) >= 11 is 0. The Labute approximate surface area is 114 Å². The van der Waals surface area contributed by atoms with Crippen molar-refractivity contribution < 1.29 is 10.2 Å². The Morgan fingerprint density at radius 1 is 1.24 bits per heavy atom. The van der Waals surface area contributed by atoms with Crippen molar-refractivity contribution >= 4 is 17.0 Å². The molecule has 1 atom stereocenters. The predicted molar refractivity (Wildman–Crippen MR) is 76.2 cm³/mol. The van der Waals surface area contributed by atoms with E-state index in [0.29, 0.717) is 6.04 Å². The average molecular weight is 304 g/mol. The number of benzene rings is 1. The maximum absolute atomic E-state index is 9.36.